The lowest BCUT2D eigenvalue weighted by Gasteiger charge is -2.22. The zero-order valence-corrected chi connectivity index (χ0v) is 11.2. The van der Waals surface area contributed by atoms with E-state index in [0.717, 1.165) is 25.7 Å². The third-order valence-corrected chi connectivity index (χ3v) is 3.46. The van der Waals surface area contributed by atoms with Gasteiger partial charge in [0.25, 0.3) is 0 Å². The second kappa shape index (κ2) is 6.52. The van der Waals surface area contributed by atoms with E-state index in [1.807, 2.05) is 0 Å². The van der Waals surface area contributed by atoms with Crippen molar-refractivity contribution in [3.8, 4) is 0 Å². The highest BCUT2D eigenvalue weighted by Gasteiger charge is 2.20. The number of carbonyl (C=O) groups excluding carboxylic acids is 2. The first kappa shape index (κ1) is 13.8. The molecule has 1 fully saturated rings. The zero-order chi connectivity index (χ0) is 13.7. The highest BCUT2D eigenvalue weighted by Crippen LogP contribution is 2.18. The minimum atomic E-state index is -0.708. The number of hydrogen-bond donors (Lipinski definition) is 2. The average molecular weight is 282 g/mol. The first-order chi connectivity index (χ1) is 9.16. The standard InChI is InChI=1S/C13H16ClN3O2/c14-11-10(7-4-8-15-11)17-13(19)12(18)16-9-5-2-1-3-6-9/h4,7-9H,1-3,5-6H2,(H,16,18)(H,17,19). The van der Waals surface area contributed by atoms with Gasteiger partial charge in [-0.1, -0.05) is 30.9 Å². The van der Waals surface area contributed by atoms with Crippen LogP contribution in [0.15, 0.2) is 18.3 Å². The predicted molar refractivity (Wildman–Crippen MR) is 72.9 cm³/mol. The number of amides is 2. The maximum absolute atomic E-state index is 11.7. The number of rotatable bonds is 2. The second-order valence-corrected chi connectivity index (χ2v) is 4.96. The van der Waals surface area contributed by atoms with E-state index in [1.54, 1.807) is 12.1 Å². The number of nitrogens with zero attached hydrogens (tertiary/aromatic N) is 1. The van der Waals surface area contributed by atoms with Crippen molar-refractivity contribution in [2.24, 2.45) is 0 Å². The van der Waals surface area contributed by atoms with E-state index < -0.39 is 11.8 Å². The van der Waals surface area contributed by atoms with Crippen LogP contribution in [0.3, 0.4) is 0 Å². The lowest BCUT2D eigenvalue weighted by atomic mass is 9.95. The fourth-order valence-electron chi connectivity index (χ4n) is 2.16. The van der Waals surface area contributed by atoms with Gasteiger partial charge in [-0.15, -0.1) is 0 Å². The van der Waals surface area contributed by atoms with Gasteiger partial charge in [0, 0.05) is 12.2 Å². The van der Waals surface area contributed by atoms with Gasteiger partial charge < -0.3 is 10.6 Å². The third kappa shape index (κ3) is 3.92. The van der Waals surface area contributed by atoms with Gasteiger partial charge in [-0.05, 0) is 25.0 Å². The molecular formula is C13H16ClN3O2. The number of carbonyl (C=O) groups is 2. The predicted octanol–water partition coefficient (Wildman–Crippen LogP) is 2.12. The van der Waals surface area contributed by atoms with Gasteiger partial charge in [0.2, 0.25) is 0 Å². The summed E-state index contributed by atoms with van der Waals surface area (Å²) in [7, 11) is 0. The Labute approximate surface area is 116 Å². The molecule has 19 heavy (non-hydrogen) atoms. The molecule has 1 aliphatic carbocycles. The normalized spacial score (nSPS) is 15.8. The molecule has 0 aliphatic heterocycles. The Morgan fingerprint density at radius 1 is 1.21 bits per heavy atom. The third-order valence-electron chi connectivity index (χ3n) is 3.15. The molecular weight excluding hydrogens is 266 g/mol. The van der Waals surface area contributed by atoms with Crippen molar-refractivity contribution in [3.63, 3.8) is 0 Å². The molecule has 1 saturated carbocycles. The van der Waals surface area contributed by atoms with Crippen LogP contribution in [0.25, 0.3) is 0 Å². The Morgan fingerprint density at radius 2 is 1.95 bits per heavy atom. The van der Waals surface area contributed by atoms with Crippen molar-refractivity contribution in [1.29, 1.82) is 0 Å². The summed E-state index contributed by atoms with van der Waals surface area (Å²) in [5.41, 5.74) is 0.341. The SMILES string of the molecule is O=C(Nc1cccnc1Cl)C(=O)NC1CCCCC1. The van der Waals surface area contributed by atoms with Crippen LogP contribution in [0.2, 0.25) is 5.15 Å². The molecule has 0 radical (unpaired) electrons. The first-order valence-electron chi connectivity index (χ1n) is 6.39. The smallest absolute Gasteiger partial charge is 0.313 e. The fraction of sp³-hybridized carbons (Fsp3) is 0.462. The van der Waals surface area contributed by atoms with Crippen molar-refractivity contribution >= 4 is 29.1 Å². The van der Waals surface area contributed by atoms with Crippen LogP contribution in [-0.2, 0) is 9.59 Å². The van der Waals surface area contributed by atoms with Crippen LogP contribution in [0.4, 0.5) is 5.69 Å². The minimum Gasteiger partial charge on any atom is -0.345 e. The molecule has 5 nitrogen and oxygen atoms in total. The van der Waals surface area contributed by atoms with E-state index in [2.05, 4.69) is 15.6 Å². The highest BCUT2D eigenvalue weighted by atomic mass is 35.5. The number of pyridine rings is 1. The molecule has 0 bridgehead atoms. The monoisotopic (exact) mass is 281 g/mol. The quantitative estimate of drug-likeness (QED) is 0.644. The lowest BCUT2D eigenvalue weighted by molar-refractivity contribution is -0.136. The van der Waals surface area contributed by atoms with Crippen molar-refractivity contribution in [2.45, 2.75) is 38.1 Å². The molecule has 0 spiro atoms. The Morgan fingerprint density at radius 3 is 2.63 bits per heavy atom. The van der Waals surface area contributed by atoms with Crippen LogP contribution in [0.1, 0.15) is 32.1 Å². The maximum atomic E-state index is 11.7. The summed E-state index contributed by atoms with van der Waals surface area (Å²) in [5, 5.41) is 5.37. The molecule has 1 aliphatic rings. The second-order valence-electron chi connectivity index (χ2n) is 4.60. The molecule has 2 N–H and O–H groups in total. The van der Waals surface area contributed by atoms with Crippen molar-refractivity contribution in [2.75, 3.05) is 5.32 Å². The Hall–Kier alpha value is -1.62. The molecule has 2 amide bonds. The van der Waals surface area contributed by atoms with E-state index >= 15 is 0 Å². The summed E-state index contributed by atoms with van der Waals surface area (Å²) in [5.74, 6) is -1.33. The molecule has 2 rings (SSSR count). The van der Waals surface area contributed by atoms with Gasteiger partial charge >= 0.3 is 11.8 Å². The van der Waals surface area contributed by atoms with E-state index in [1.165, 1.54) is 12.6 Å². The Bertz CT molecular complexity index is 473. The van der Waals surface area contributed by atoms with Crippen LogP contribution in [0, 0.1) is 0 Å². The minimum absolute atomic E-state index is 0.108. The zero-order valence-electron chi connectivity index (χ0n) is 10.5. The number of nitrogens with one attached hydrogen (secondary N) is 2. The van der Waals surface area contributed by atoms with Gasteiger partial charge in [0.15, 0.2) is 5.15 Å². The fourth-order valence-corrected chi connectivity index (χ4v) is 2.32. The van der Waals surface area contributed by atoms with E-state index in [-0.39, 0.29) is 11.2 Å². The molecule has 102 valence electrons. The van der Waals surface area contributed by atoms with Gasteiger partial charge in [-0.25, -0.2) is 4.98 Å². The number of halogens is 1. The molecule has 0 saturated heterocycles. The summed E-state index contributed by atoms with van der Waals surface area (Å²) in [6.07, 6.45) is 6.78. The summed E-state index contributed by atoms with van der Waals surface area (Å²) < 4.78 is 0. The van der Waals surface area contributed by atoms with Crippen molar-refractivity contribution in [3.05, 3.63) is 23.5 Å². The maximum Gasteiger partial charge on any atom is 0.313 e. The Kier molecular flexibility index (Phi) is 4.74. The molecule has 0 atom stereocenters. The summed E-state index contributed by atoms with van der Waals surface area (Å²) in [6, 6.07) is 3.35. The van der Waals surface area contributed by atoms with Gasteiger partial charge in [-0.3, -0.25) is 9.59 Å². The summed E-state index contributed by atoms with van der Waals surface area (Å²) in [4.78, 5) is 27.3. The van der Waals surface area contributed by atoms with E-state index in [4.69, 9.17) is 11.6 Å². The van der Waals surface area contributed by atoms with Crippen LogP contribution in [0.5, 0.6) is 0 Å². The van der Waals surface area contributed by atoms with Crippen LogP contribution < -0.4 is 10.6 Å². The van der Waals surface area contributed by atoms with Crippen LogP contribution >= 0.6 is 11.6 Å². The molecule has 1 aromatic rings. The first-order valence-corrected chi connectivity index (χ1v) is 6.77. The lowest BCUT2D eigenvalue weighted by Crippen LogP contribution is -2.42. The number of hydrogen-bond acceptors (Lipinski definition) is 3. The molecule has 0 aromatic carbocycles. The van der Waals surface area contributed by atoms with E-state index in [9.17, 15) is 9.59 Å². The molecule has 1 aromatic heterocycles. The van der Waals surface area contributed by atoms with Crippen molar-refractivity contribution < 1.29 is 9.59 Å². The van der Waals surface area contributed by atoms with Crippen molar-refractivity contribution in [1.82, 2.24) is 10.3 Å². The Balaban J connectivity index is 1.89. The number of aromatic nitrogens is 1. The van der Waals surface area contributed by atoms with Gasteiger partial charge in [-0.2, -0.15) is 0 Å². The summed E-state index contributed by atoms with van der Waals surface area (Å²) >= 11 is 5.81. The van der Waals surface area contributed by atoms with E-state index in [0.29, 0.717) is 5.69 Å². The summed E-state index contributed by atoms with van der Waals surface area (Å²) in [6.45, 7) is 0. The van der Waals surface area contributed by atoms with Gasteiger partial charge in [0.1, 0.15) is 0 Å². The highest BCUT2D eigenvalue weighted by molar-refractivity contribution is 6.41. The van der Waals surface area contributed by atoms with Crippen LogP contribution in [-0.4, -0.2) is 22.8 Å². The average Bonchev–Trinajstić information content (AvgIpc) is 2.42. The van der Waals surface area contributed by atoms with Gasteiger partial charge in [0.05, 0.1) is 5.69 Å². The molecule has 6 heteroatoms. The largest absolute Gasteiger partial charge is 0.345 e. The molecule has 0 unspecified atom stereocenters. The molecule has 1 heterocycles. The number of anilines is 1. The topological polar surface area (TPSA) is 71.1 Å².